The van der Waals surface area contributed by atoms with Crippen LogP contribution >= 0.6 is 0 Å². The predicted octanol–water partition coefficient (Wildman–Crippen LogP) is 3.63. The minimum Gasteiger partial charge on any atom is -0.497 e. The molecule has 1 aliphatic rings. The van der Waals surface area contributed by atoms with Crippen molar-refractivity contribution in [3.05, 3.63) is 59.7 Å². The number of nitrogens with zero attached hydrogens (tertiary/aromatic N) is 1. The Kier molecular flexibility index (Phi) is 6.22. The maximum absolute atomic E-state index is 12.9. The van der Waals surface area contributed by atoms with Gasteiger partial charge >= 0.3 is 5.97 Å². The third-order valence-corrected chi connectivity index (χ3v) is 4.92. The molecule has 0 radical (unpaired) electrons. The van der Waals surface area contributed by atoms with E-state index in [0.717, 1.165) is 17.7 Å². The lowest BCUT2D eigenvalue weighted by Crippen LogP contribution is -2.43. The Balaban J connectivity index is 1.68. The molecule has 0 bridgehead atoms. The number of benzene rings is 2. The summed E-state index contributed by atoms with van der Waals surface area (Å²) in [5.41, 5.74) is 2.67. The number of carbonyl (C=O) groups is 2. The molecular formula is C23H25NO5. The molecular weight excluding hydrogens is 370 g/mol. The van der Waals surface area contributed by atoms with Gasteiger partial charge in [-0.05, 0) is 56.2 Å². The molecule has 0 saturated heterocycles. The Morgan fingerprint density at radius 2 is 1.90 bits per heavy atom. The average molecular weight is 395 g/mol. The first-order chi connectivity index (χ1) is 13.9. The van der Waals surface area contributed by atoms with Crippen molar-refractivity contribution in [1.29, 1.82) is 0 Å². The van der Waals surface area contributed by atoms with Crippen molar-refractivity contribution in [1.82, 2.24) is 0 Å². The first kappa shape index (κ1) is 20.5. The molecule has 1 heterocycles. The van der Waals surface area contributed by atoms with Gasteiger partial charge in [0, 0.05) is 23.4 Å². The van der Waals surface area contributed by atoms with E-state index in [-0.39, 0.29) is 11.9 Å². The fourth-order valence-electron chi connectivity index (χ4n) is 3.49. The lowest BCUT2D eigenvalue weighted by Gasteiger charge is -2.25. The van der Waals surface area contributed by atoms with Gasteiger partial charge in [-0.3, -0.25) is 4.79 Å². The van der Waals surface area contributed by atoms with Gasteiger partial charge in [0.05, 0.1) is 14.2 Å². The minimum atomic E-state index is -0.895. The van der Waals surface area contributed by atoms with Crippen molar-refractivity contribution in [2.75, 3.05) is 19.1 Å². The van der Waals surface area contributed by atoms with Gasteiger partial charge in [0.25, 0.3) is 5.91 Å². The number of methoxy groups -OCH3 is 2. The molecule has 0 N–H and O–H groups in total. The molecule has 0 unspecified atom stereocenters. The van der Waals surface area contributed by atoms with Crippen LogP contribution in [0.3, 0.4) is 0 Å². The number of anilines is 1. The van der Waals surface area contributed by atoms with Crippen molar-refractivity contribution < 1.29 is 23.8 Å². The van der Waals surface area contributed by atoms with Crippen LogP contribution in [0.4, 0.5) is 5.69 Å². The van der Waals surface area contributed by atoms with Crippen LogP contribution in [-0.2, 0) is 20.7 Å². The van der Waals surface area contributed by atoms with Crippen LogP contribution in [0.5, 0.6) is 11.5 Å². The number of fused-ring (bicyclic) bond motifs is 1. The monoisotopic (exact) mass is 395 g/mol. The highest BCUT2D eigenvalue weighted by Crippen LogP contribution is 2.32. The molecule has 1 amide bonds. The Morgan fingerprint density at radius 3 is 2.62 bits per heavy atom. The Morgan fingerprint density at radius 1 is 1.14 bits per heavy atom. The van der Waals surface area contributed by atoms with Gasteiger partial charge in [-0.15, -0.1) is 0 Å². The number of amides is 1. The van der Waals surface area contributed by atoms with Crippen molar-refractivity contribution in [2.45, 2.75) is 32.4 Å². The van der Waals surface area contributed by atoms with Crippen LogP contribution in [0, 0.1) is 0 Å². The molecule has 2 aromatic carbocycles. The van der Waals surface area contributed by atoms with Crippen LogP contribution in [-0.4, -0.2) is 38.2 Å². The zero-order valence-corrected chi connectivity index (χ0v) is 17.0. The zero-order valence-electron chi connectivity index (χ0n) is 17.0. The molecule has 0 aliphatic carbocycles. The zero-order chi connectivity index (χ0) is 21.0. The topological polar surface area (TPSA) is 65.1 Å². The lowest BCUT2D eigenvalue weighted by atomic mass is 10.1. The molecule has 0 fully saturated rings. The summed E-state index contributed by atoms with van der Waals surface area (Å²) in [5.74, 6) is 0.407. The van der Waals surface area contributed by atoms with Crippen molar-refractivity contribution in [3.8, 4) is 11.5 Å². The van der Waals surface area contributed by atoms with E-state index in [4.69, 9.17) is 14.2 Å². The van der Waals surface area contributed by atoms with E-state index in [1.54, 1.807) is 50.3 Å². The van der Waals surface area contributed by atoms with Gasteiger partial charge in [-0.1, -0.05) is 18.2 Å². The molecule has 6 nitrogen and oxygen atoms in total. The Labute approximate surface area is 170 Å². The third kappa shape index (κ3) is 4.42. The quantitative estimate of drug-likeness (QED) is 0.552. The first-order valence-corrected chi connectivity index (χ1v) is 9.46. The fourth-order valence-corrected chi connectivity index (χ4v) is 3.49. The van der Waals surface area contributed by atoms with Gasteiger partial charge in [0.2, 0.25) is 0 Å². The largest absolute Gasteiger partial charge is 0.497 e. The van der Waals surface area contributed by atoms with Gasteiger partial charge in [0.15, 0.2) is 6.10 Å². The molecule has 2 atom stereocenters. The Hall–Kier alpha value is -3.28. The summed E-state index contributed by atoms with van der Waals surface area (Å²) < 4.78 is 15.8. The van der Waals surface area contributed by atoms with Crippen LogP contribution in [0.1, 0.15) is 25.0 Å². The van der Waals surface area contributed by atoms with Gasteiger partial charge < -0.3 is 19.1 Å². The number of para-hydroxylation sites is 1. The summed E-state index contributed by atoms with van der Waals surface area (Å²) in [6, 6.07) is 13.1. The minimum absolute atomic E-state index is 0.0256. The molecule has 0 saturated carbocycles. The highest BCUT2D eigenvalue weighted by molar-refractivity contribution is 6.00. The lowest BCUT2D eigenvalue weighted by molar-refractivity contribution is -0.149. The standard InChI is InChI=1S/C23H25NO5/c1-15-13-17-7-5-6-8-20(17)24(15)23(26)16(2)29-22(25)12-9-18-14-19(27-3)10-11-21(18)28-4/h5-12,14-16H,13H2,1-4H3/b12-9+/t15-,16-/m0/s1. The number of ether oxygens (including phenoxy) is 3. The van der Waals surface area contributed by atoms with E-state index in [2.05, 4.69) is 0 Å². The Bertz CT molecular complexity index is 937. The second kappa shape index (κ2) is 8.82. The van der Waals surface area contributed by atoms with Gasteiger partial charge in [0.1, 0.15) is 11.5 Å². The molecule has 3 rings (SSSR count). The summed E-state index contributed by atoms with van der Waals surface area (Å²) in [7, 11) is 3.11. The van der Waals surface area contributed by atoms with E-state index >= 15 is 0 Å². The second-order valence-corrected chi connectivity index (χ2v) is 6.91. The van der Waals surface area contributed by atoms with E-state index in [1.807, 2.05) is 31.2 Å². The highest BCUT2D eigenvalue weighted by atomic mass is 16.5. The molecule has 1 aliphatic heterocycles. The molecule has 6 heteroatoms. The molecule has 0 aromatic heterocycles. The van der Waals surface area contributed by atoms with Crippen LogP contribution in [0.15, 0.2) is 48.5 Å². The number of hydrogen-bond acceptors (Lipinski definition) is 5. The summed E-state index contributed by atoms with van der Waals surface area (Å²) >= 11 is 0. The number of esters is 1. The summed E-state index contributed by atoms with van der Waals surface area (Å²) in [6.07, 6.45) is 2.75. The second-order valence-electron chi connectivity index (χ2n) is 6.91. The number of hydrogen-bond donors (Lipinski definition) is 0. The summed E-state index contributed by atoms with van der Waals surface area (Å²) in [4.78, 5) is 26.9. The van der Waals surface area contributed by atoms with E-state index in [1.165, 1.54) is 6.08 Å². The van der Waals surface area contributed by atoms with E-state index in [9.17, 15) is 9.59 Å². The predicted molar refractivity (Wildman–Crippen MR) is 111 cm³/mol. The van der Waals surface area contributed by atoms with E-state index in [0.29, 0.717) is 17.1 Å². The van der Waals surface area contributed by atoms with E-state index < -0.39 is 12.1 Å². The normalized spacial score (nSPS) is 16.4. The molecule has 2 aromatic rings. The van der Waals surface area contributed by atoms with Crippen LogP contribution in [0.25, 0.3) is 6.08 Å². The number of rotatable bonds is 6. The van der Waals surface area contributed by atoms with Crippen molar-refractivity contribution in [2.24, 2.45) is 0 Å². The maximum atomic E-state index is 12.9. The first-order valence-electron chi connectivity index (χ1n) is 9.46. The maximum Gasteiger partial charge on any atom is 0.331 e. The SMILES string of the molecule is COc1ccc(OC)c(/C=C/C(=O)O[C@@H](C)C(=O)N2c3ccccc3C[C@@H]2C)c1. The molecule has 152 valence electrons. The van der Waals surface area contributed by atoms with Crippen molar-refractivity contribution in [3.63, 3.8) is 0 Å². The third-order valence-electron chi connectivity index (χ3n) is 4.92. The van der Waals surface area contributed by atoms with Gasteiger partial charge in [-0.25, -0.2) is 4.79 Å². The van der Waals surface area contributed by atoms with Crippen LogP contribution < -0.4 is 14.4 Å². The fraction of sp³-hybridized carbons (Fsp3) is 0.304. The summed E-state index contributed by atoms with van der Waals surface area (Å²) in [6.45, 7) is 3.58. The number of carbonyl (C=O) groups excluding carboxylic acids is 2. The molecule has 29 heavy (non-hydrogen) atoms. The van der Waals surface area contributed by atoms with Gasteiger partial charge in [-0.2, -0.15) is 0 Å². The molecule has 0 spiro atoms. The average Bonchev–Trinajstić information content (AvgIpc) is 3.06. The highest BCUT2D eigenvalue weighted by Gasteiger charge is 2.34. The van der Waals surface area contributed by atoms with Crippen molar-refractivity contribution >= 4 is 23.6 Å². The van der Waals surface area contributed by atoms with Crippen LogP contribution in [0.2, 0.25) is 0 Å². The smallest absolute Gasteiger partial charge is 0.331 e. The summed E-state index contributed by atoms with van der Waals surface area (Å²) in [5, 5.41) is 0.